The SMILES string of the molecule is C[C@H](NC(=O)c1cc(C#N)cc(NS(=O)(=O)CC2CN(C(c3ccc(Cl)cc3)c3ccc(Cl)cc3)C2)c1)C(N)=O. The van der Waals surface area contributed by atoms with Gasteiger partial charge in [0.1, 0.15) is 6.04 Å². The van der Waals surface area contributed by atoms with Crippen LogP contribution in [0.3, 0.4) is 0 Å². The molecule has 3 aromatic rings. The molecule has 3 aromatic carbocycles. The summed E-state index contributed by atoms with van der Waals surface area (Å²) in [5.74, 6) is -1.67. The summed E-state index contributed by atoms with van der Waals surface area (Å²) >= 11 is 12.2. The lowest BCUT2D eigenvalue weighted by atomic mass is 9.91. The van der Waals surface area contributed by atoms with Crippen molar-refractivity contribution in [3.63, 3.8) is 0 Å². The van der Waals surface area contributed by atoms with Crippen molar-refractivity contribution in [1.82, 2.24) is 10.2 Å². The number of nitriles is 1. The van der Waals surface area contributed by atoms with E-state index >= 15 is 0 Å². The Hall–Kier alpha value is -3.62. The summed E-state index contributed by atoms with van der Waals surface area (Å²) in [5, 5.41) is 13.0. The fourth-order valence-corrected chi connectivity index (χ4v) is 6.24. The van der Waals surface area contributed by atoms with Gasteiger partial charge in [0.25, 0.3) is 5.91 Å². The van der Waals surface area contributed by atoms with Crippen LogP contribution in [0.2, 0.25) is 10.0 Å². The number of carbonyl (C=O) groups is 2. The second-order valence-corrected chi connectivity index (χ2v) is 12.4. The molecule has 1 fully saturated rings. The third-order valence-corrected chi connectivity index (χ3v) is 8.51. The van der Waals surface area contributed by atoms with Crippen LogP contribution >= 0.6 is 23.2 Å². The van der Waals surface area contributed by atoms with Crippen molar-refractivity contribution in [3.8, 4) is 6.07 Å². The van der Waals surface area contributed by atoms with Crippen LogP contribution < -0.4 is 15.8 Å². The van der Waals surface area contributed by atoms with Crippen molar-refractivity contribution >= 4 is 50.7 Å². The molecular formula is C28H27Cl2N5O4S. The third kappa shape index (κ3) is 7.31. The molecule has 40 heavy (non-hydrogen) atoms. The van der Waals surface area contributed by atoms with Crippen LogP contribution in [0.4, 0.5) is 5.69 Å². The molecule has 0 aromatic heterocycles. The monoisotopic (exact) mass is 599 g/mol. The molecule has 1 atom stereocenters. The van der Waals surface area contributed by atoms with Crippen LogP contribution in [-0.4, -0.2) is 50.0 Å². The first-order valence-electron chi connectivity index (χ1n) is 12.3. The maximum atomic E-state index is 13.0. The molecule has 12 heteroatoms. The number of hydrogen-bond donors (Lipinski definition) is 3. The molecule has 0 unspecified atom stereocenters. The highest BCUT2D eigenvalue weighted by molar-refractivity contribution is 7.92. The first kappa shape index (κ1) is 29.4. The Morgan fingerprint density at radius 1 is 1.02 bits per heavy atom. The molecule has 1 saturated heterocycles. The van der Waals surface area contributed by atoms with E-state index in [1.165, 1.54) is 25.1 Å². The van der Waals surface area contributed by atoms with Gasteiger partial charge in [-0.15, -0.1) is 0 Å². The van der Waals surface area contributed by atoms with Gasteiger partial charge in [0, 0.05) is 34.6 Å². The molecule has 2 amide bonds. The normalized spacial score (nSPS) is 14.7. The maximum Gasteiger partial charge on any atom is 0.252 e. The van der Waals surface area contributed by atoms with Gasteiger partial charge in [-0.05, 0) is 60.5 Å². The molecule has 0 radical (unpaired) electrons. The molecule has 4 rings (SSSR count). The Kier molecular flexibility index (Phi) is 9.01. The van der Waals surface area contributed by atoms with Gasteiger partial charge < -0.3 is 11.1 Å². The highest BCUT2D eigenvalue weighted by Gasteiger charge is 2.36. The Labute approximate surface area is 242 Å². The van der Waals surface area contributed by atoms with Gasteiger partial charge in [-0.2, -0.15) is 5.26 Å². The summed E-state index contributed by atoms with van der Waals surface area (Å²) in [6, 6.07) is 19.9. The van der Waals surface area contributed by atoms with Crippen molar-refractivity contribution < 1.29 is 18.0 Å². The fraction of sp³-hybridized carbons (Fsp3) is 0.250. The lowest BCUT2D eigenvalue weighted by molar-refractivity contribution is -0.119. The van der Waals surface area contributed by atoms with Crippen molar-refractivity contribution in [2.45, 2.75) is 19.0 Å². The number of hydrogen-bond acceptors (Lipinski definition) is 6. The number of anilines is 1. The summed E-state index contributed by atoms with van der Waals surface area (Å²) in [5.41, 5.74) is 7.42. The standard InChI is InChI=1S/C28H27Cl2N5O4S/c1-17(27(32)36)33-28(37)22-10-18(13-31)11-25(12-22)34-40(38,39)16-19-14-35(15-19)26(20-2-6-23(29)7-3-20)21-4-8-24(30)9-5-21/h2-12,17,19,26,34H,14-16H2,1H3,(H2,32,36)(H,33,37)/t17-/m0/s1. The Bertz CT molecular complexity index is 1510. The number of nitrogens with zero attached hydrogens (tertiary/aromatic N) is 2. The second kappa shape index (κ2) is 12.3. The van der Waals surface area contributed by atoms with E-state index in [1.807, 2.05) is 54.6 Å². The van der Waals surface area contributed by atoms with Gasteiger partial charge >= 0.3 is 0 Å². The smallest absolute Gasteiger partial charge is 0.252 e. The fourth-order valence-electron chi connectivity index (χ4n) is 4.60. The number of nitrogens with two attached hydrogens (primary N) is 1. The van der Waals surface area contributed by atoms with Crippen molar-refractivity contribution in [3.05, 3.63) is 99.0 Å². The van der Waals surface area contributed by atoms with E-state index in [2.05, 4.69) is 14.9 Å². The molecule has 9 nitrogen and oxygen atoms in total. The number of amides is 2. The third-order valence-electron chi connectivity index (χ3n) is 6.55. The zero-order valence-electron chi connectivity index (χ0n) is 21.5. The number of primary amides is 1. The summed E-state index contributed by atoms with van der Waals surface area (Å²) in [7, 11) is -3.82. The minimum atomic E-state index is -3.82. The first-order valence-corrected chi connectivity index (χ1v) is 14.8. The van der Waals surface area contributed by atoms with Crippen LogP contribution in [0.25, 0.3) is 0 Å². The molecule has 1 heterocycles. The molecular weight excluding hydrogens is 573 g/mol. The predicted octanol–water partition coefficient (Wildman–Crippen LogP) is 3.93. The average molecular weight is 601 g/mol. The van der Waals surface area contributed by atoms with E-state index in [4.69, 9.17) is 28.9 Å². The highest BCUT2D eigenvalue weighted by atomic mass is 35.5. The van der Waals surface area contributed by atoms with E-state index in [-0.39, 0.29) is 34.5 Å². The Balaban J connectivity index is 1.45. The molecule has 208 valence electrons. The summed E-state index contributed by atoms with van der Waals surface area (Å²) in [6.45, 7) is 2.49. The molecule has 4 N–H and O–H groups in total. The van der Waals surface area contributed by atoms with Gasteiger partial charge in [-0.1, -0.05) is 47.5 Å². The molecule has 0 saturated carbocycles. The van der Waals surface area contributed by atoms with Crippen LogP contribution in [0, 0.1) is 17.2 Å². The molecule has 0 aliphatic carbocycles. The predicted molar refractivity (Wildman–Crippen MR) is 154 cm³/mol. The van der Waals surface area contributed by atoms with Gasteiger partial charge in [-0.3, -0.25) is 19.2 Å². The number of benzene rings is 3. The number of carbonyl (C=O) groups excluding carboxylic acids is 2. The molecule has 0 spiro atoms. The number of halogens is 2. The lowest BCUT2D eigenvalue weighted by Crippen LogP contribution is -2.51. The molecule has 0 bridgehead atoms. The minimum Gasteiger partial charge on any atom is -0.368 e. The number of nitrogens with one attached hydrogen (secondary N) is 2. The largest absolute Gasteiger partial charge is 0.368 e. The van der Waals surface area contributed by atoms with E-state index < -0.39 is 27.9 Å². The Morgan fingerprint density at radius 2 is 1.57 bits per heavy atom. The lowest BCUT2D eigenvalue weighted by Gasteiger charge is -2.44. The zero-order chi connectivity index (χ0) is 29.0. The summed E-state index contributed by atoms with van der Waals surface area (Å²) < 4.78 is 28.6. The molecule has 1 aliphatic rings. The number of sulfonamides is 1. The number of rotatable bonds is 10. The van der Waals surface area contributed by atoms with Crippen molar-refractivity contribution in [2.24, 2.45) is 11.7 Å². The van der Waals surface area contributed by atoms with Crippen LogP contribution in [0.1, 0.15) is 40.0 Å². The van der Waals surface area contributed by atoms with Gasteiger partial charge in [0.05, 0.1) is 29.1 Å². The van der Waals surface area contributed by atoms with Gasteiger partial charge in [0.2, 0.25) is 15.9 Å². The first-order chi connectivity index (χ1) is 18.9. The van der Waals surface area contributed by atoms with Gasteiger partial charge in [-0.25, -0.2) is 8.42 Å². The second-order valence-electron chi connectivity index (χ2n) is 9.72. The van der Waals surface area contributed by atoms with Gasteiger partial charge in [0.15, 0.2) is 0 Å². The quantitative estimate of drug-likeness (QED) is 0.322. The number of likely N-dealkylation sites (tertiary alicyclic amines) is 1. The van der Waals surface area contributed by atoms with Crippen LogP contribution in [0.15, 0.2) is 66.7 Å². The molecule has 1 aliphatic heterocycles. The van der Waals surface area contributed by atoms with Crippen LogP contribution in [0.5, 0.6) is 0 Å². The topological polar surface area (TPSA) is 145 Å². The van der Waals surface area contributed by atoms with Crippen LogP contribution in [-0.2, 0) is 14.8 Å². The van der Waals surface area contributed by atoms with Crippen molar-refractivity contribution in [2.75, 3.05) is 23.6 Å². The van der Waals surface area contributed by atoms with E-state index in [1.54, 1.807) is 0 Å². The highest BCUT2D eigenvalue weighted by Crippen LogP contribution is 2.36. The van der Waals surface area contributed by atoms with E-state index in [0.29, 0.717) is 23.1 Å². The zero-order valence-corrected chi connectivity index (χ0v) is 23.8. The van der Waals surface area contributed by atoms with E-state index in [0.717, 1.165) is 11.1 Å². The summed E-state index contributed by atoms with van der Waals surface area (Å²) in [6.07, 6.45) is 0. The summed E-state index contributed by atoms with van der Waals surface area (Å²) in [4.78, 5) is 26.0. The van der Waals surface area contributed by atoms with E-state index in [9.17, 15) is 23.3 Å². The maximum absolute atomic E-state index is 13.0. The van der Waals surface area contributed by atoms with Crippen molar-refractivity contribution in [1.29, 1.82) is 5.26 Å². The Morgan fingerprint density at radius 3 is 2.08 bits per heavy atom. The minimum absolute atomic E-state index is 0.0217. The average Bonchev–Trinajstić information content (AvgIpc) is 2.88.